The van der Waals surface area contributed by atoms with E-state index in [4.69, 9.17) is 4.74 Å². The number of rotatable bonds is 0. The van der Waals surface area contributed by atoms with Gasteiger partial charge in [-0.2, -0.15) is 0 Å². The molecule has 0 radical (unpaired) electrons. The summed E-state index contributed by atoms with van der Waals surface area (Å²) in [5.74, 6) is 0.539. The van der Waals surface area contributed by atoms with E-state index in [9.17, 15) is 9.90 Å². The van der Waals surface area contributed by atoms with Crippen LogP contribution in [0.2, 0.25) is 0 Å². The lowest BCUT2D eigenvalue weighted by atomic mass is 9.46. The number of benzene rings is 1. The van der Waals surface area contributed by atoms with Crippen LogP contribution in [0.1, 0.15) is 31.2 Å². The van der Waals surface area contributed by atoms with E-state index in [0.717, 1.165) is 24.8 Å². The molecule has 4 unspecified atom stereocenters. The molecule has 0 amide bonds. The van der Waals surface area contributed by atoms with E-state index >= 15 is 0 Å². The first-order valence-electron chi connectivity index (χ1n) is 6.76. The Bertz CT molecular complexity index is 524. The number of para-hydroxylation sites is 1. The molecule has 1 N–H and O–H groups in total. The summed E-state index contributed by atoms with van der Waals surface area (Å²) in [5.41, 5.74) is -0.144. The van der Waals surface area contributed by atoms with Crippen molar-refractivity contribution >= 4 is 5.97 Å². The van der Waals surface area contributed by atoms with Crippen LogP contribution in [0.25, 0.3) is 0 Å². The van der Waals surface area contributed by atoms with Gasteiger partial charge in [0.05, 0.1) is 5.92 Å². The van der Waals surface area contributed by atoms with Crippen LogP contribution in [0, 0.1) is 17.8 Å². The maximum atomic E-state index is 12.1. The Morgan fingerprint density at radius 3 is 2.89 bits per heavy atom. The van der Waals surface area contributed by atoms with E-state index in [1.807, 2.05) is 18.2 Å². The minimum Gasteiger partial charge on any atom is -0.426 e. The third kappa shape index (κ3) is 1.06. The minimum absolute atomic E-state index is 0.237. The minimum atomic E-state index is -0.961. The van der Waals surface area contributed by atoms with E-state index in [0.29, 0.717) is 11.7 Å². The van der Waals surface area contributed by atoms with Crippen molar-refractivity contribution < 1.29 is 14.6 Å². The van der Waals surface area contributed by atoms with Gasteiger partial charge in [0.25, 0.3) is 0 Å². The molecule has 4 atom stereocenters. The van der Waals surface area contributed by atoms with Gasteiger partial charge in [-0.15, -0.1) is 0 Å². The van der Waals surface area contributed by atoms with Crippen LogP contribution in [-0.4, -0.2) is 11.1 Å². The van der Waals surface area contributed by atoms with Gasteiger partial charge in [-0.3, -0.25) is 4.79 Å². The monoisotopic (exact) mass is 244 g/mol. The topological polar surface area (TPSA) is 46.5 Å². The van der Waals surface area contributed by atoms with Gasteiger partial charge in [-0.25, -0.2) is 0 Å². The van der Waals surface area contributed by atoms with E-state index in [-0.39, 0.29) is 17.8 Å². The van der Waals surface area contributed by atoms with Crippen molar-refractivity contribution in [3.05, 3.63) is 29.8 Å². The number of carbonyl (C=O) groups excluding carboxylic acids is 1. The lowest BCUT2D eigenvalue weighted by Gasteiger charge is -2.61. The molecule has 2 saturated carbocycles. The maximum Gasteiger partial charge on any atom is 0.317 e. The van der Waals surface area contributed by atoms with E-state index in [2.05, 4.69) is 0 Å². The molecule has 4 rings (SSSR count). The molecule has 0 aromatic heterocycles. The summed E-state index contributed by atoms with van der Waals surface area (Å²) in [7, 11) is 0. The first kappa shape index (κ1) is 10.6. The van der Waals surface area contributed by atoms with Gasteiger partial charge < -0.3 is 9.84 Å². The molecule has 3 heteroatoms. The predicted octanol–water partition coefficient (Wildman–Crippen LogP) is 2.23. The van der Waals surface area contributed by atoms with Gasteiger partial charge in [-0.1, -0.05) is 31.0 Å². The summed E-state index contributed by atoms with van der Waals surface area (Å²) in [6, 6.07) is 7.42. The predicted molar refractivity (Wildman–Crippen MR) is 64.9 cm³/mol. The van der Waals surface area contributed by atoms with Crippen LogP contribution in [0.4, 0.5) is 0 Å². The number of hydrogen-bond donors (Lipinski definition) is 1. The van der Waals surface area contributed by atoms with Crippen molar-refractivity contribution in [3.8, 4) is 5.75 Å². The summed E-state index contributed by atoms with van der Waals surface area (Å²) < 4.78 is 5.38. The number of carbonyl (C=O) groups is 1. The molecule has 0 spiro atoms. The molecule has 3 nitrogen and oxygen atoms in total. The molecule has 0 saturated heterocycles. The van der Waals surface area contributed by atoms with Crippen molar-refractivity contribution in [2.75, 3.05) is 0 Å². The summed E-state index contributed by atoms with van der Waals surface area (Å²) >= 11 is 0. The largest absolute Gasteiger partial charge is 0.426 e. The second-order valence-corrected chi connectivity index (χ2v) is 5.78. The number of ether oxygens (including phenoxy) is 1. The molecule has 18 heavy (non-hydrogen) atoms. The zero-order valence-electron chi connectivity index (χ0n) is 10.1. The normalized spacial score (nSPS) is 40.9. The Morgan fingerprint density at radius 1 is 1.22 bits per heavy atom. The number of esters is 1. The fourth-order valence-corrected chi connectivity index (χ4v) is 4.32. The molecule has 1 aromatic carbocycles. The summed E-state index contributed by atoms with van der Waals surface area (Å²) in [6.45, 7) is 0. The van der Waals surface area contributed by atoms with Crippen LogP contribution in [0.15, 0.2) is 24.3 Å². The van der Waals surface area contributed by atoms with Crippen molar-refractivity contribution in [2.45, 2.75) is 31.3 Å². The summed E-state index contributed by atoms with van der Waals surface area (Å²) in [4.78, 5) is 12.1. The Morgan fingerprint density at radius 2 is 2.00 bits per heavy atom. The molecule has 94 valence electrons. The summed E-state index contributed by atoms with van der Waals surface area (Å²) in [6.07, 6.45) is 4.41. The highest BCUT2D eigenvalue weighted by Crippen LogP contribution is 2.64. The fourth-order valence-electron chi connectivity index (χ4n) is 4.32. The molecule has 2 aliphatic carbocycles. The van der Waals surface area contributed by atoms with E-state index in [1.54, 1.807) is 6.07 Å². The Hall–Kier alpha value is -1.35. The lowest BCUT2D eigenvalue weighted by molar-refractivity contribution is -0.234. The van der Waals surface area contributed by atoms with Crippen molar-refractivity contribution in [1.82, 2.24) is 0 Å². The summed E-state index contributed by atoms with van der Waals surface area (Å²) in [5, 5.41) is 11.0. The second-order valence-electron chi connectivity index (χ2n) is 5.78. The van der Waals surface area contributed by atoms with Crippen molar-refractivity contribution in [2.24, 2.45) is 17.8 Å². The number of fused-ring (bicyclic) bond motifs is 6. The molecular weight excluding hydrogens is 228 g/mol. The van der Waals surface area contributed by atoms with Crippen LogP contribution in [-0.2, 0) is 10.4 Å². The van der Waals surface area contributed by atoms with Gasteiger partial charge in [0, 0.05) is 5.56 Å². The highest BCUT2D eigenvalue weighted by Gasteiger charge is 2.68. The SMILES string of the molecule is O=C1Oc2ccccc2C2(O)C3CCCCC3C12. The lowest BCUT2D eigenvalue weighted by Crippen LogP contribution is -2.66. The standard InChI is InChI=1S/C15H16O3/c16-14-13-9-5-1-2-6-10(9)15(13,17)11-7-3-4-8-12(11)18-14/h3-4,7-10,13,17H,1-2,5-6H2. The van der Waals surface area contributed by atoms with E-state index < -0.39 is 5.60 Å². The fraction of sp³-hybridized carbons (Fsp3) is 0.533. The number of aliphatic hydroxyl groups is 1. The van der Waals surface area contributed by atoms with Crippen LogP contribution in [0.3, 0.4) is 0 Å². The van der Waals surface area contributed by atoms with Gasteiger partial charge >= 0.3 is 5.97 Å². The van der Waals surface area contributed by atoms with Crippen molar-refractivity contribution in [3.63, 3.8) is 0 Å². The van der Waals surface area contributed by atoms with Gasteiger partial charge in [0.15, 0.2) is 0 Å². The number of hydrogen-bond acceptors (Lipinski definition) is 3. The molecule has 3 aliphatic rings. The quantitative estimate of drug-likeness (QED) is 0.562. The van der Waals surface area contributed by atoms with E-state index in [1.165, 1.54) is 6.42 Å². The maximum absolute atomic E-state index is 12.1. The first-order chi connectivity index (χ1) is 8.73. The smallest absolute Gasteiger partial charge is 0.317 e. The molecule has 1 aliphatic heterocycles. The van der Waals surface area contributed by atoms with Gasteiger partial charge in [-0.05, 0) is 30.7 Å². The molecule has 0 bridgehead atoms. The van der Waals surface area contributed by atoms with Crippen LogP contribution >= 0.6 is 0 Å². The highest BCUT2D eigenvalue weighted by molar-refractivity contribution is 5.82. The second kappa shape index (κ2) is 3.35. The third-order valence-electron chi connectivity index (χ3n) is 5.07. The van der Waals surface area contributed by atoms with Gasteiger partial charge in [0.1, 0.15) is 11.4 Å². The zero-order chi connectivity index (χ0) is 12.3. The Labute approximate surface area is 106 Å². The first-order valence-corrected chi connectivity index (χ1v) is 6.76. The highest BCUT2D eigenvalue weighted by atomic mass is 16.5. The van der Waals surface area contributed by atoms with Gasteiger partial charge in [0.2, 0.25) is 0 Å². The molecule has 1 heterocycles. The van der Waals surface area contributed by atoms with Crippen molar-refractivity contribution in [1.29, 1.82) is 0 Å². The average molecular weight is 244 g/mol. The van der Waals surface area contributed by atoms with Crippen LogP contribution in [0.5, 0.6) is 5.75 Å². The van der Waals surface area contributed by atoms with Crippen LogP contribution < -0.4 is 4.74 Å². The average Bonchev–Trinajstić information content (AvgIpc) is 2.37. The third-order valence-corrected chi connectivity index (χ3v) is 5.07. The Kier molecular flexibility index (Phi) is 1.97. The molecule has 2 fully saturated rings. The molecular formula is C15H16O3. The Balaban J connectivity index is 1.86. The zero-order valence-corrected chi connectivity index (χ0v) is 10.1. The molecule has 1 aromatic rings.